The lowest BCUT2D eigenvalue weighted by molar-refractivity contribution is -0.149. The summed E-state index contributed by atoms with van der Waals surface area (Å²) in [5, 5.41) is 8.29. The second-order valence-electron chi connectivity index (χ2n) is 4.03. The first-order valence-corrected chi connectivity index (χ1v) is 6.29. The summed E-state index contributed by atoms with van der Waals surface area (Å²) in [6.45, 7) is 7.56. The zero-order chi connectivity index (χ0) is 14.6. The van der Waals surface area contributed by atoms with Crippen LogP contribution in [0.2, 0.25) is 0 Å². The summed E-state index contributed by atoms with van der Waals surface area (Å²) in [5.41, 5.74) is 0. The Bertz CT molecular complexity index is 227. The van der Waals surface area contributed by atoms with Gasteiger partial charge in [-0.2, -0.15) is 0 Å². The van der Waals surface area contributed by atoms with Crippen LogP contribution in [-0.4, -0.2) is 37.4 Å². The topological polar surface area (TPSA) is 72.8 Å². The highest BCUT2D eigenvalue weighted by Gasteiger charge is 2.10. The van der Waals surface area contributed by atoms with Gasteiger partial charge in [-0.3, -0.25) is 9.59 Å². The van der Waals surface area contributed by atoms with Gasteiger partial charge >= 0.3 is 11.9 Å². The molecule has 0 saturated carbocycles. The molecule has 18 heavy (non-hydrogen) atoms. The van der Waals surface area contributed by atoms with Crippen molar-refractivity contribution in [2.24, 2.45) is 11.8 Å². The van der Waals surface area contributed by atoms with Gasteiger partial charge in [0.2, 0.25) is 0 Å². The van der Waals surface area contributed by atoms with E-state index in [9.17, 15) is 9.59 Å². The van der Waals surface area contributed by atoms with Crippen molar-refractivity contribution in [1.82, 2.24) is 0 Å². The molecule has 0 aromatic rings. The second-order valence-corrected chi connectivity index (χ2v) is 4.03. The van der Waals surface area contributed by atoms with Crippen molar-refractivity contribution in [1.29, 1.82) is 0 Å². The fourth-order valence-corrected chi connectivity index (χ4v) is 0.823. The Morgan fingerprint density at radius 3 is 1.78 bits per heavy atom. The van der Waals surface area contributed by atoms with Crippen molar-refractivity contribution >= 4 is 11.9 Å². The summed E-state index contributed by atoms with van der Waals surface area (Å²) < 4.78 is 9.12. The molecule has 0 saturated heterocycles. The highest BCUT2D eigenvalue weighted by molar-refractivity contribution is 5.72. The molecule has 108 valence electrons. The summed E-state index contributed by atoms with van der Waals surface area (Å²) in [7, 11) is 1.41. The normalized spacial score (nSPS) is 12.8. The van der Waals surface area contributed by atoms with Crippen molar-refractivity contribution in [3.63, 3.8) is 0 Å². The summed E-state index contributed by atoms with van der Waals surface area (Å²) in [5.74, 6) is -0.337. The van der Waals surface area contributed by atoms with Crippen LogP contribution in [-0.2, 0) is 19.1 Å². The number of carbonyl (C=O) groups excluding carboxylic acids is 2. The fourth-order valence-electron chi connectivity index (χ4n) is 0.823. The number of rotatable bonds is 6. The predicted octanol–water partition coefficient (Wildman–Crippen LogP) is 1.77. The summed E-state index contributed by atoms with van der Waals surface area (Å²) in [6, 6.07) is 0. The van der Waals surface area contributed by atoms with Crippen LogP contribution >= 0.6 is 0 Å². The average molecular weight is 262 g/mol. The molecular formula is C13H26O5. The minimum absolute atomic E-state index is 0.0495. The molecule has 0 bridgehead atoms. The maximum absolute atomic E-state index is 10.8. The van der Waals surface area contributed by atoms with Crippen LogP contribution in [0.1, 0.15) is 40.5 Å². The van der Waals surface area contributed by atoms with E-state index in [1.54, 1.807) is 6.92 Å². The molecule has 0 aliphatic carbocycles. The van der Waals surface area contributed by atoms with Crippen LogP contribution in [0, 0.1) is 11.8 Å². The number of methoxy groups -OCH3 is 1. The Labute approximate surface area is 109 Å². The van der Waals surface area contributed by atoms with Gasteiger partial charge in [0.15, 0.2) is 0 Å². The van der Waals surface area contributed by atoms with E-state index in [4.69, 9.17) is 5.11 Å². The minimum atomic E-state index is -0.225. The number of aliphatic hydroxyl groups excluding tert-OH is 1. The van der Waals surface area contributed by atoms with Crippen LogP contribution in [0.3, 0.4) is 0 Å². The molecule has 2 atom stereocenters. The van der Waals surface area contributed by atoms with Gasteiger partial charge in [0, 0.05) is 0 Å². The molecule has 0 aliphatic heterocycles. The van der Waals surface area contributed by atoms with E-state index in [1.165, 1.54) is 7.11 Å². The number of ether oxygens (including phenoxy) is 2. The lowest BCUT2D eigenvalue weighted by atomic mass is 10.1. The number of hydrogen-bond donors (Lipinski definition) is 1. The standard InChI is InChI=1S/C7H14O3.C6H12O2/c1-3-6(2)7(9)10-5-4-8;1-4-5(2)6(7)8-3/h6,8H,3-5H2,1-2H3;5H,4H2,1-3H3. The van der Waals surface area contributed by atoms with Crippen molar-refractivity contribution in [2.45, 2.75) is 40.5 Å². The zero-order valence-corrected chi connectivity index (χ0v) is 12.1. The van der Waals surface area contributed by atoms with Crippen molar-refractivity contribution in [3.8, 4) is 0 Å². The number of carbonyl (C=O) groups is 2. The van der Waals surface area contributed by atoms with E-state index in [0.717, 1.165) is 12.8 Å². The van der Waals surface area contributed by atoms with E-state index < -0.39 is 0 Å². The number of aliphatic hydroxyl groups is 1. The molecule has 0 spiro atoms. The Kier molecular flexibility index (Phi) is 13.2. The average Bonchev–Trinajstić information content (AvgIpc) is 2.42. The molecule has 1 N–H and O–H groups in total. The molecule has 0 aliphatic rings. The molecule has 0 amide bonds. The van der Waals surface area contributed by atoms with Crippen LogP contribution in [0.15, 0.2) is 0 Å². The van der Waals surface area contributed by atoms with Crippen LogP contribution in [0.4, 0.5) is 0 Å². The van der Waals surface area contributed by atoms with Gasteiger partial charge in [-0.15, -0.1) is 0 Å². The van der Waals surface area contributed by atoms with Gasteiger partial charge < -0.3 is 14.6 Å². The summed E-state index contributed by atoms with van der Waals surface area (Å²) in [4.78, 5) is 21.3. The van der Waals surface area contributed by atoms with Crippen LogP contribution in [0.5, 0.6) is 0 Å². The highest BCUT2D eigenvalue weighted by Crippen LogP contribution is 2.02. The van der Waals surface area contributed by atoms with Gasteiger partial charge in [-0.25, -0.2) is 0 Å². The largest absolute Gasteiger partial charge is 0.469 e. The maximum atomic E-state index is 10.8. The minimum Gasteiger partial charge on any atom is -0.469 e. The van der Waals surface area contributed by atoms with E-state index in [2.05, 4.69) is 9.47 Å². The Morgan fingerprint density at radius 2 is 1.50 bits per heavy atom. The van der Waals surface area contributed by atoms with Crippen LogP contribution in [0.25, 0.3) is 0 Å². The van der Waals surface area contributed by atoms with E-state index in [0.29, 0.717) is 0 Å². The number of hydrogen-bond acceptors (Lipinski definition) is 5. The van der Waals surface area contributed by atoms with Gasteiger partial charge in [0.1, 0.15) is 6.61 Å². The quantitative estimate of drug-likeness (QED) is 0.739. The zero-order valence-electron chi connectivity index (χ0n) is 12.1. The Morgan fingerprint density at radius 1 is 1.06 bits per heavy atom. The van der Waals surface area contributed by atoms with Crippen molar-refractivity contribution < 1.29 is 24.2 Å². The first-order valence-electron chi connectivity index (χ1n) is 6.29. The lowest BCUT2D eigenvalue weighted by Crippen LogP contribution is -2.15. The fraction of sp³-hybridized carbons (Fsp3) is 0.846. The number of esters is 2. The molecule has 0 rings (SSSR count). The molecule has 0 aromatic carbocycles. The van der Waals surface area contributed by atoms with Gasteiger partial charge in [-0.05, 0) is 12.8 Å². The molecule has 5 nitrogen and oxygen atoms in total. The Hall–Kier alpha value is -1.10. The molecule has 5 heteroatoms. The molecule has 0 heterocycles. The SMILES string of the molecule is CCC(C)C(=O)OC.CCC(C)C(=O)OCCO. The molecular weight excluding hydrogens is 236 g/mol. The first-order chi connectivity index (χ1) is 8.44. The van der Waals surface area contributed by atoms with Crippen LogP contribution < -0.4 is 0 Å². The predicted molar refractivity (Wildman–Crippen MR) is 69.0 cm³/mol. The molecule has 2 unspecified atom stereocenters. The Balaban J connectivity index is 0. The third-order valence-electron chi connectivity index (χ3n) is 2.57. The molecule has 0 fully saturated rings. The van der Waals surface area contributed by atoms with E-state index >= 15 is 0 Å². The lowest BCUT2D eigenvalue weighted by Gasteiger charge is -2.06. The smallest absolute Gasteiger partial charge is 0.308 e. The van der Waals surface area contributed by atoms with Gasteiger partial charge in [0.05, 0.1) is 25.6 Å². The molecule has 0 aromatic heterocycles. The third kappa shape index (κ3) is 10.1. The molecule has 0 radical (unpaired) electrons. The van der Waals surface area contributed by atoms with Gasteiger partial charge in [0.25, 0.3) is 0 Å². The third-order valence-corrected chi connectivity index (χ3v) is 2.57. The van der Waals surface area contributed by atoms with Crippen molar-refractivity contribution in [3.05, 3.63) is 0 Å². The van der Waals surface area contributed by atoms with E-state index in [-0.39, 0.29) is 37.0 Å². The maximum Gasteiger partial charge on any atom is 0.308 e. The summed E-state index contributed by atoms with van der Waals surface area (Å²) in [6.07, 6.45) is 1.64. The second kappa shape index (κ2) is 12.4. The van der Waals surface area contributed by atoms with Gasteiger partial charge in [-0.1, -0.05) is 27.7 Å². The highest BCUT2D eigenvalue weighted by atomic mass is 16.5. The summed E-state index contributed by atoms with van der Waals surface area (Å²) >= 11 is 0. The monoisotopic (exact) mass is 262 g/mol. The first kappa shape index (κ1) is 19.2. The van der Waals surface area contributed by atoms with E-state index in [1.807, 2.05) is 20.8 Å². The van der Waals surface area contributed by atoms with Crippen molar-refractivity contribution in [2.75, 3.05) is 20.3 Å².